The largest absolute Gasteiger partial charge is 0.310 e. The number of nitrogens with zero attached hydrogens (tertiary/aromatic N) is 1. The van der Waals surface area contributed by atoms with Gasteiger partial charge in [0.2, 0.25) is 0 Å². The van der Waals surface area contributed by atoms with E-state index in [4.69, 9.17) is 11.6 Å². The molecule has 43 heavy (non-hydrogen) atoms. The summed E-state index contributed by atoms with van der Waals surface area (Å²) in [5.41, 5.74) is 13.0. The molecule has 0 atom stereocenters. The first-order valence-corrected chi connectivity index (χ1v) is 15.1. The second-order valence-corrected chi connectivity index (χ2v) is 11.8. The van der Waals surface area contributed by atoms with Crippen molar-refractivity contribution in [1.29, 1.82) is 0 Å². The number of hydrogen-bond donors (Lipinski definition) is 0. The van der Waals surface area contributed by atoms with Crippen LogP contribution in [0.2, 0.25) is 5.02 Å². The van der Waals surface area contributed by atoms with Gasteiger partial charge in [-0.05, 0) is 80.7 Å². The SMILES string of the molecule is Clc1cccc2c1-c1cc(N(c3ccccc3)c3cccc4ccccc34)ccc1C21c2ccccc2-c2ccccc21. The molecule has 0 radical (unpaired) electrons. The van der Waals surface area contributed by atoms with Crippen molar-refractivity contribution in [3.05, 3.63) is 185 Å². The predicted octanol–water partition coefficient (Wildman–Crippen LogP) is 11.3. The van der Waals surface area contributed by atoms with Gasteiger partial charge in [0.05, 0.1) is 11.1 Å². The third kappa shape index (κ3) is 3.29. The fourth-order valence-corrected chi connectivity index (χ4v) is 7.96. The van der Waals surface area contributed by atoms with E-state index in [2.05, 4.69) is 157 Å². The van der Waals surface area contributed by atoms with Crippen LogP contribution in [0, 0.1) is 0 Å². The van der Waals surface area contributed by atoms with E-state index in [1.807, 2.05) is 6.07 Å². The maximum absolute atomic E-state index is 7.14. The zero-order chi connectivity index (χ0) is 28.5. The van der Waals surface area contributed by atoms with Gasteiger partial charge in [-0.3, -0.25) is 0 Å². The molecule has 1 spiro atoms. The summed E-state index contributed by atoms with van der Waals surface area (Å²) < 4.78 is 0. The van der Waals surface area contributed by atoms with Crippen molar-refractivity contribution in [2.24, 2.45) is 0 Å². The molecule has 0 saturated carbocycles. The molecule has 0 aromatic heterocycles. The second-order valence-electron chi connectivity index (χ2n) is 11.4. The highest BCUT2D eigenvalue weighted by atomic mass is 35.5. The monoisotopic (exact) mass is 567 g/mol. The summed E-state index contributed by atoms with van der Waals surface area (Å²) in [6.07, 6.45) is 0. The average molecular weight is 568 g/mol. The number of fused-ring (bicyclic) bond motifs is 11. The molecule has 2 aliphatic rings. The first-order valence-electron chi connectivity index (χ1n) is 14.7. The van der Waals surface area contributed by atoms with E-state index in [0.29, 0.717) is 0 Å². The molecule has 9 rings (SSSR count). The second kappa shape index (κ2) is 9.19. The predicted molar refractivity (Wildman–Crippen MR) is 180 cm³/mol. The van der Waals surface area contributed by atoms with Crippen molar-refractivity contribution in [3.63, 3.8) is 0 Å². The van der Waals surface area contributed by atoms with E-state index in [0.717, 1.165) is 27.6 Å². The molecular weight excluding hydrogens is 542 g/mol. The van der Waals surface area contributed by atoms with Crippen LogP contribution in [0.5, 0.6) is 0 Å². The van der Waals surface area contributed by atoms with Crippen molar-refractivity contribution in [3.8, 4) is 22.3 Å². The molecule has 0 N–H and O–H groups in total. The third-order valence-corrected chi connectivity index (χ3v) is 9.64. The van der Waals surface area contributed by atoms with Crippen LogP contribution >= 0.6 is 11.6 Å². The Bertz CT molecular complexity index is 2160. The van der Waals surface area contributed by atoms with E-state index in [1.165, 1.54) is 49.7 Å². The third-order valence-electron chi connectivity index (χ3n) is 9.33. The van der Waals surface area contributed by atoms with Gasteiger partial charge in [-0.2, -0.15) is 0 Å². The fourth-order valence-electron chi connectivity index (χ4n) is 7.68. The zero-order valence-corrected chi connectivity index (χ0v) is 24.1. The van der Waals surface area contributed by atoms with E-state index >= 15 is 0 Å². The van der Waals surface area contributed by atoms with E-state index in [-0.39, 0.29) is 0 Å². The Kier molecular flexibility index (Phi) is 5.24. The fraction of sp³-hybridized carbons (Fsp3) is 0.0244. The highest BCUT2D eigenvalue weighted by molar-refractivity contribution is 6.34. The molecule has 0 heterocycles. The summed E-state index contributed by atoms with van der Waals surface area (Å²) in [4.78, 5) is 2.38. The van der Waals surface area contributed by atoms with Crippen molar-refractivity contribution >= 4 is 39.4 Å². The lowest BCUT2D eigenvalue weighted by Crippen LogP contribution is -2.25. The molecule has 7 aromatic carbocycles. The van der Waals surface area contributed by atoms with Crippen molar-refractivity contribution in [1.82, 2.24) is 0 Å². The average Bonchev–Trinajstić information content (AvgIpc) is 3.53. The van der Waals surface area contributed by atoms with Gasteiger partial charge in [0.15, 0.2) is 0 Å². The highest BCUT2D eigenvalue weighted by Gasteiger charge is 2.52. The quantitative estimate of drug-likeness (QED) is 0.205. The summed E-state index contributed by atoms with van der Waals surface area (Å²) in [5, 5.41) is 3.21. The van der Waals surface area contributed by atoms with Crippen LogP contribution in [0.4, 0.5) is 17.1 Å². The van der Waals surface area contributed by atoms with Crippen LogP contribution in [0.25, 0.3) is 33.0 Å². The molecule has 7 aromatic rings. The minimum atomic E-state index is -0.418. The molecule has 0 unspecified atom stereocenters. The molecule has 2 aliphatic carbocycles. The number of para-hydroxylation sites is 1. The lowest BCUT2D eigenvalue weighted by Gasteiger charge is -2.31. The van der Waals surface area contributed by atoms with Gasteiger partial charge >= 0.3 is 0 Å². The molecule has 0 saturated heterocycles. The maximum atomic E-state index is 7.14. The molecule has 2 heteroatoms. The Hall–Kier alpha value is -5.11. The van der Waals surface area contributed by atoms with Crippen LogP contribution in [0.15, 0.2) is 158 Å². The van der Waals surface area contributed by atoms with Gasteiger partial charge in [0.1, 0.15) is 0 Å². The summed E-state index contributed by atoms with van der Waals surface area (Å²) in [6.45, 7) is 0. The van der Waals surface area contributed by atoms with Gasteiger partial charge < -0.3 is 4.90 Å². The van der Waals surface area contributed by atoms with Gasteiger partial charge in [-0.1, -0.05) is 133 Å². The van der Waals surface area contributed by atoms with E-state index in [1.54, 1.807) is 0 Å². The van der Waals surface area contributed by atoms with Crippen LogP contribution in [0.3, 0.4) is 0 Å². The van der Waals surface area contributed by atoms with Crippen LogP contribution in [-0.4, -0.2) is 0 Å². The Balaban J connectivity index is 1.36. The number of anilines is 3. The number of hydrogen-bond acceptors (Lipinski definition) is 1. The number of benzene rings is 7. The van der Waals surface area contributed by atoms with Gasteiger partial charge in [-0.25, -0.2) is 0 Å². The normalized spacial score (nSPS) is 13.4. The molecule has 202 valence electrons. The first-order chi connectivity index (χ1) is 21.3. The molecule has 1 nitrogen and oxygen atoms in total. The summed E-state index contributed by atoms with van der Waals surface area (Å²) >= 11 is 7.14. The minimum Gasteiger partial charge on any atom is -0.310 e. The van der Waals surface area contributed by atoms with Crippen LogP contribution < -0.4 is 4.90 Å². The molecule has 0 amide bonds. The summed E-state index contributed by atoms with van der Waals surface area (Å²) in [7, 11) is 0. The number of rotatable bonds is 3. The molecular formula is C41H26ClN. The lowest BCUT2D eigenvalue weighted by atomic mass is 9.70. The van der Waals surface area contributed by atoms with Crippen molar-refractivity contribution < 1.29 is 0 Å². The zero-order valence-electron chi connectivity index (χ0n) is 23.3. The van der Waals surface area contributed by atoms with Gasteiger partial charge in [0.25, 0.3) is 0 Å². The topological polar surface area (TPSA) is 3.24 Å². The Morgan fingerprint density at radius 1 is 0.442 bits per heavy atom. The molecule has 0 fully saturated rings. The summed E-state index contributed by atoms with van der Waals surface area (Å²) in [5.74, 6) is 0. The van der Waals surface area contributed by atoms with Crippen LogP contribution in [-0.2, 0) is 5.41 Å². The van der Waals surface area contributed by atoms with Gasteiger partial charge in [0, 0.05) is 27.3 Å². The smallest absolute Gasteiger partial charge is 0.0726 e. The molecule has 0 bridgehead atoms. The Morgan fingerprint density at radius 3 is 1.84 bits per heavy atom. The molecule has 0 aliphatic heterocycles. The summed E-state index contributed by atoms with van der Waals surface area (Å²) in [6, 6.07) is 57.0. The lowest BCUT2D eigenvalue weighted by molar-refractivity contribution is 0.794. The standard InChI is InChI=1S/C41H26ClN/c42-38-22-11-21-37-40(38)33-26-29(43(28-14-2-1-3-15-28)39-23-10-13-27-12-4-5-16-30(27)39)24-25-36(33)41(37)34-19-8-6-17-31(34)32-18-7-9-20-35(32)41/h1-26H. The number of halogens is 1. The van der Waals surface area contributed by atoms with Crippen molar-refractivity contribution in [2.45, 2.75) is 5.41 Å². The Morgan fingerprint density at radius 2 is 1.05 bits per heavy atom. The maximum Gasteiger partial charge on any atom is 0.0726 e. The highest BCUT2D eigenvalue weighted by Crippen LogP contribution is 2.64. The van der Waals surface area contributed by atoms with Crippen molar-refractivity contribution in [2.75, 3.05) is 4.90 Å². The van der Waals surface area contributed by atoms with Crippen LogP contribution in [0.1, 0.15) is 22.3 Å². The minimum absolute atomic E-state index is 0.418. The van der Waals surface area contributed by atoms with E-state index in [9.17, 15) is 0 Å². The first kappa shape index (κ1) is 24.5. The Labute approximate surface area is 256 Å². The van der Waals surface area contributed by atoms with E-state index < -0.39 is 5.41 Å². The van der Waals surface area contributed by atoms with Gasteiger partial charge in [-0.15, -0.1) is 0 Å².